The van der Waals surface area contributed by atoms with Crippen LogP contribution in [0, 0.1) is 10.1 Å². The van der Waals surface area contributed by atoms with E-state index in [1.807, 2.05) is 0 Å². The highest BCUT2D eigenvalue weighted by Crippen LogP contribution is 2.52. The van der Waals surface area contributed by atoms with Gasteiger partial charge in [0, 0.05) is 19.2 Å². The second-order valence-electron chi connectivity index (χ2n) is 5.52. The van der Waals surface area contributed by atoms with Crippen molar-refractivity contribution in [1.82, 2.24) is 4.31 Å². The van der Waals surface area contributed by atoms with Crippen LogP contribution in [-0.2, 0) is 23.1 Å². The molecule has 2 aliphatic heterocycles. The monoisotopic (exact) mass is 396 g/mol. The maximum atomic E-state index is 12.7. The van der Waals surface area contributed by atoms with Gasteiger partial charge in [0.05, 0.1) is 29.1 Å². The van der Waals surface area contributed by atoms with Gasteiger partial charge in [0.1, 0.15) is 12.2 Å². The number of non-ortho nitro benzene ring substituents is 1. The minimum atomic E-state index is -4.02. The first kappa shape index (κ1) is 18.5. The number of likely N-dealkylation sites (N-methyl/N-ethyl adjacent to an activating group) is 1. The van der Waals surface area contributed by atoms with Crippen LogP contribution in [0.3, 0.4) is 0 Å². The zero-order valence-corrected chi connectivity index (χ0v) is 14.6. The van der Waals surface area contributed by atoms with Crippen molar-refractivity contribution >= 4 is 26.9 Å². The Bertz CT molecular complexity index is 767. The standard InChI is InChI=1S/C12H16N2O9S2/c1-13(10-6-21-7-11-12(10)23-25(19,20)22-11)24(17,18)9-4-2-8(3-5-9)14(15)16/h2-5,10-12,19-20H,6-7H2,1H3/t10-,11-,12+/m0/s1. The van der Waals surface area contributed by atoms with Crippen molar-refractivity contribution in [3.8, 4) is 0 Å². The van der Waals surface area contributed by atoms with Crippen LogP contribution in [0.4, 0.5) is 5.69 Å². The minimum absolute atomic E-state index is 0.0250. The Balaban J connectivity index is 1.85. The summed E-state index contributed by atoms with van der Waals surface area (Å²) in [5, 5.41) is 10.7. The van der Waals surface area contributed by atoms with E-state index in [2.05, 4.69) is 0 Å². The number of benzene rings is 1. The molecule has 140 valence electrons. The molecule has 2 N–H and O–H groups in total. The second kappa shape index (κ2) is 6.44. The van der Waals surface area contributed by atoms with Gasteiger partial charge in [-0.25, -0.2) is 8.42 Å². The van der Waals surface area contributed by atoms with Gasteiger partial charge in [-0.3, -0.25) is 27.6 Å². The fourth-order valence-electron chi connectivity index (χ4n) is 2.68. The molecule has 0 saturated carbocycles. The minimum Gasteiger partial charge on any atom is -0.377 e. The Morgan fingerprint density at radius 1 is 1.24 bits per heavy atom. The zero-order chi connectivity index (χ0) is 18.4. The van der Waals surface area contributed by atoms with Crippen LogP contribution >= 0.6 is 11.2 Å². The zero-order valence-electron chi connectivity index (χ0n) is 12.9. The van der Waals surface area contributed by atoms with Crippen molar-refractivity contribution < 1.29 is 35.5 Å². The number of fused-ring (bicyclic) bond motifs is 1. The third-order valence-electron chi connectivity index (χ3n) is 3.99. The molecule has 0 amide bonds. The fraction of sp³-hybridized carbons (Fsp3) is 0.500. The number of nitro benzene ring substituents is 1. The van der Waals surface area contributed by atoms with Gasteiger partial charge in [0.25, 0.3) is 5.69 Å². The van der Waals surface area contributed by atoms with Crippen molar-refractivity contribution in [2.24, 2.45) is 0 Å². The fourth-order valence-corrected chi connectivity index (χ4v) is 5.10. The Hall–Kier alpha value is -1.32. The summed E-state index contributed by atoms with van der Waals surface area (Å²) < 4.78 is 60.8. The number of sulfonamides is 1. The third-order valence-corrected chi connectivity index (χ3v) is 6.86. The van der Waals surface area contributed by atoms with Crippen molar-refractivity contribution in [3.05, 3.63) is 34.4 Å². The van der Waals surface area contributed by atoms with Gasteiger partial charge in [-0.15, -0.1) is 0 Å². The Morgan fingerprint density at radius 3 is 2.48 bits per heavy atom. The number of nitrogens with zero attached hydrogens (tertiary/aromatic N) is 2. The maximum Gasteiger partial charge on any atom is 0.269 e. The summed E-state index contributed by atoms with van der Waals surface area (Å²) in [7, 11) is -2.72. The lowest BCUT2D eigenvalue weighted by atomic mass is 10.0. The molecule has 0 spiro atoms. The Labute approximate surface area is 145 Å². The topological polar surface area (TPSA) is 149 Å². The van der Waals surface area contributed by atoms with Gasteiger partial charge >= 0.3 is 0 Å². The van der Waals surface area contributed by atoms with Crippen LogP contribution in [0.25, 0.3) is 0 Å². The van der Waals surface area contributed by atoms with E-state index in [1.165, 1.54) is 7.05 Å². The summed E-state index contributed by atoms with van der Waals surface area (Å²) >= 11 is -3.70. The molecule has 2 heterocycles. The molecule has 1 aromatic carbocycles. The van der Waals surface area contributed by atoms with E-state index in [0.717, 1.165) is 28.6 Å². The summed E-state index contributed by atoms with van der Waals surface area (Å²) in [6.07, 6.45) is -1.71. The molecule has 0 aromatic heterocycles. The molecule has 0 aliphatic carbocycles. The molecule has 25 heavy (non-hydrogen) atoms. The maximum absolute atomic E-state index is 12.7. The van der Waals surface area contributed by atoms with Crippen LogP contribution in [0.2, 0.25) is 0 Å². The van der Waals surface area contributed by atoms with E-state index in [1.54, 1.807) is 0 Å². The molecule has 2 saturated heterocycles. The summed E-state index contributed by atoms with van der Waals surface area (Å²) in [6.45, 7) is 0.0191. The first-order valence-corrected chi connectivity index (χ1v) is 9.90. The van der Waals surface area contributed by atoms with E-state index in [-0.39, 0.29) is 23.8 Å². The smallest absolute Gasteiger partial charge is 0.269 e. The third kappa shape index (κ3) is 3.50. The van der Waals surface area contributed by atoms with Crippen molar-refractivity contribution in [2.45, 2.75) is 23.1 Å². The molecule has 0 unspecified atom stereocenters. The molecule has 2 fully saturated rings. The van der Waals surface area contributed by atoms with Gasteiger partial charge in [0.15, 0.2) is 0 Å². The lowest BCUT2D eigenvalue weighted by Crippen LogP contribution is -2.55. The number of ether oxygens (including phenoxy) is 1. The summed E-state index contributed by atoms with van der Waals surface area (Å²) in [6, 6.07) is 3.59. The number of rotatable bonds is 4. The highest BCUT2D eigenvalue weighted by molar-refractivity contribution is 8.16. The highest BCUT2D eigenvalue weighted by atomic mass is 32.3. The van der Waals surface area contributed by atoms with Gasteiger partial charge in [-0.05, 0) is 12.1 Å². The predicted octanol–water partition coefficient (Wildman–Crippen LogP) is 0.979. The van der Waals surface area contributed by atoms with Crippen molar-refractivity contribution in [2.75, 3.05) is 20.3 Å². The molecule has 3 rings (SSSR count). The molecule has 0 bridgehead atoms. The lowest BCUT2D eigenvalue weighted by molar-refractivity contribution is -0.384. The largest absolute Gasteiger partial charge is 0.377 e. The SMILES string of the molecule is CN([C@H]1COC[C@@H]2OS(O)(O)O[C@@H]21)S(=O)(=O)c1ccc([N+](=O)[O-])cc1. The Kier molecular flexibility index (Phi) is 4.76. The van der Waals surface area contributed by atoms with E-state index in [0.29, 0.717) is 0 Å². The molecule has 0 radical (unpaired) electrons. The van der Waals surface area contributed by atoms with E-state index < -0.39 is 44.3 Å². The first-order chi connectivity index (χ1) is 11.6. The molecule has 2 aliphatic rings. The second-order valence-corrected chi connectivity index (χ2v) is 8.80. The molecule has 13 heteroatoms. The molecular formula is C12H16N2O9S2. The normalized spacial score (nSPS) is 30.0. The van der Waals surface area contributed by atoms with E-state index >= 15 is 0 Å². The van der Waals surface area contributed by atoms with Gasteiger partial charge in [-0.2, -0.15) is 4.31 Å². The predicted molar refractivity (Wildman–Crippen MR) is 85.2 cm³/mol. The quantitative estimate of drug-likeness (QED) is 0.561. The molecule has 3 atom stereocenters. The van der Waals surface area contributed by atoms with E-state index in [9.17, 15) is 27.6 Å². The van der Waals surface area contributed by atoms with Gasteiger partial charge < -0.3 is 4.74 Å². The highest BCUT2D eigenvalue weighted by Gasteiger charge is 2.52. The summed E-state index contributed by atoms with van der Waals surface area (Å²) in [4.78, 5) is 9.91. The van der Waals surface area contributed by atoms with Crippen LogP contribution in [-0.4, -0.2) is 65.3 Å². The lowest BCUT2D eigenvalue weighted by Gasteiger charge is -2.35. The van der Waals surface area contributed by atoms with Crippen molar-refractivity contribution in [1.29, 1.82) is 0 Å². The average Bonchev–Trinajstić information content (AvgIpc) is 2.87. The number of hydrogen-bond acceptors (Lipinski definition) is 9. The van der Waals surface area contributed by atoms with E-state index in [4.69, 9.17) is 13.1 Å². The average molecular weight is 396 g/mol. The van der Waals surface area contributed by atoms with Gasteiger partial charge in [0.2, 0.25) is 21.2 Å². The first-order valence-electron chi connectivity index (χ1n) is 7.07. The molecule has 11 nitrogen and oxygen atoms in total. The van der Waals surface area contributed by atoms with Crippen LogP contribution in [0.1, 0.15) is 0 Å². The van der Waals surface area contributed by atoms with Crippen LogP contribution in [0.5, 0.6) is 0 Å². The van der Waals surface area contributed by atoms with Crippen molar-refractivity contribution in [3.63, 3.8) is 0 Å². The van der Waals surface area contributed by atoms with Gasteiger partial charge in [-0.1, -0.05) is 0 Å². The number of nitro groups is 1. The van der Waals surface area contributed by atoms with Crippen LogP contribution in [0.15, 0.2) is 29.2 Å². The number of hydrogen-bond donors (Lipinski definition) is 2. The molecule has 1 aromatic rings. The Morgan fingerprint density at radius 2 is 1.88 bits per heavy atom. The summed E-state index contributed by atoms with van der Waals surface area (Å²) in [5.74, 6) is 0. The molecular weight excluding hydrogens is 380 g/mol. The summed E-state index contributed by atoms with van der Waals surface area (Å²) in [5.41, 5.74) is -0.232. The van der Waals surface area contributed by atoms with Crippen LogP contribution < -0.4 is 0 Å².